The molecule has 1 aliphatic heterocycles. The maximum absolute atomic E-state index is 5.67. The number of hydrogen-bond donors (Lipinski definition) is 1. The molecule has 1 aromatic carbocycles. The molecule has 1 aliphatic rings. The summed E-state index contributed by atoms with van der Waals surface area (Å²) in [6, 6.07) is 10.5. The quantitative estimate of drug-likeness (QED) is 0.899. The topological polar surface area (TPSA) is 42.1 Å². The van der Waals surface area contributed by atoms with Crippen LogP contribution in [0.3, 0.4) is 0 Å². The smallest absolute Gasteiger partial charge is 0.180 e. The number of anilines is 2. The van der Waals surface area contributed by atoms with Crippen molar-refractivity contribution in [3.63, 3.8) is 0 Å². The van der Waals surface area contributed by atoms with Gasteiger partial charge in [0.15, 0.2) is 5.13 Å². The molecule has 1 aromatic heterocycles. The molecular weight excluding hydrogens is 242 g/mol. The van der Waals surface area contributed by atoms with E-state index in [0.717, 1.165) is 25.2 Å². The highest BCUT2D eigenvalue weighted by Gasteiger charge is 2.14. The Labute approximate surface area is 111 Å². The minimum absolute atomic E-state index is 0.649. The molecule has 0 saturated carbocycles. The van der Waals surface area contributed by atoms with Crippen molar-refractivity contribution >= 4 is 27.7 Å². The predicted octanol–water partition coefficient (Wildman–Crippen LogP) is 3.02. The number of nitrogens with zero attached hydrogens (tertiary/aromatic N) is 2. The first-order valence-corrected chi connectivity index (χ1v) is 6.91. The molecule has 4 heteroatoms. The molecule has 2 N–H and O–H groups in total. The van der Waals surface area contributed by atoms with Crippen LogP contribution in [0.4, 0.5) is 10.8 Å². The van der Waals surface area contributed by atoms with E-state index < -0.39 is 0 Å². The summed E-state index contributed by atoms with van der Waals surface area (Å²) >= 11 is 1.51. The fraction of sp³-hybridized carbons (Fsp3) is 0.214. The number of para-hydroxylation sites is 1. The van der Waals surface area contributed by atoms with Crippen LogP contribution in [0.25, 0.3) is 5.57 Å². The van der Waals surface area contributed by atoms with Crippen molar-refractivity contribution < 1.29 is 0 Å². The van der Waals surface area contributed by atoms with Gasteiger partial charge in [0.2, 0.25) is 0 Å². The molecule has 92 valence electrons. The molecule has 0 unspecified atom stereocenters. The van der Waals surface area contributed by atoms with Crippen molar-refractivity contribution in [3.05, 3.63) is 47.5 Å². The van der Waals surface area contributed by atoms with Gasteiger partial charge in [-0.3, -0.25) is 0 Å². The summed E-state index contributed by atoms with van der Waals surface area (Å²) < 4.78 is 0. The van der Waals surface area contributed by atoms with Gasteiger partial charge in [-0.1, -0.05) is 24.3 Å². The van der Waals surface area contributed by atoms with Gasteiger partial charge < -0.3 is 10.6 Å². The second-order valence-corrected chi connectivity index (χ2v) is 5.22. The largest absolute Gasteiger partial charge is 0.375 e. The molecule has 0 amide bonds. The number of nitrogens with two attached hydrogens (primary N) is 1. The number of hydrogen-bond acceptors (Lipinski definition) is 4. The van der Waals surface area contributed by atoms with Gasteiger partial charge in [0.1, 0.15) is 0 Å². The van der Waals surface area contributed by atoms with E-state index in [4.69, 9.17) is 5.73 Å². The third kappa shape index (κ3) is 2.24. The highest BCUT2D eigenvalue weighted by molar-refractivity contribution is 7.13. The van der Waals surface area contributed by atoms with E-state index in [2.05, 4.69) is 40.2 Å². The van der Waals surface area contributed by atoms with Crippen molar-refractivity contribution in [2.24, 2.45) is 0 Å². The van der Waals surface area contributed by atoms with Crippen molar-refractivity contribution in [3.8, 4) is 0 Å². The molecule has 0 aliphatic carbocycles. The first-order chi connectivity index (χ1) is 8.83. The molecule has 0 spiro atoms. The highest BCUT2D eigenvalue weighted by Crippen LogP contribution is 2.26. The molecule has 0 radical (unpaired) electrons. The first-order valence-electron chi connectivity index (χ1n) is 6.03. The molecule has 0 saturated heterocycles. The summed E-state index contributed by atoms with van der Waals surface area (Å²) in [5, 5.41) is 2.69. The van der Waals surface area contributed by atoms with Gasteiger partial charge in [-0.05, 0) is 24.1 Å². The third-order valence-electron chi connectivity index (χ3n) is 3.18. The van der Waals surface area contributed by atoms with E-state index in [0.29, 0.717) is 5.13 Å². The van der Waals surface area contributed by atoms with Gasteiger partial charge in [-0.2, -0.15) is 0 Å². The molecule has 0 bridgehead atoms. The highest BCUT2D eigenvalue weighted by atomic mass is 32.1. The fourth-order valence-electron chi connectivity index (χ4n) is 2.21. The zero-order chi connectivity index (χ0) is 12.4. The molecule has 3 nitrogen and oxygen atoms in total. The van der Waals surface area contributed by atoms with Crippen LogP contribution in [-0.2, 0) is 0 Å². The lowest BCUT2D eigenvalue weighted by Crippen LogP contribution is -2.28. The lowest BCUT2D eigenvalue weighted by Gasteiger charge is -2.28. The van der Waals surface area contributed by atoms with E-state index in [-0.39, 0.29) is 0 Å². The van der Waals surface area contributed by atoms with Gasteiger partial charge >= 0.3 is 0 Å². The Morgan fingerprint density at radius 3 is 2.67 bits per heavy atom. The summed E-state index contributed by atoms with van der Waals surface area (Å²) in [4.78, 5) is 6.72. The van der Waals surface area contributed by atoms with Crippen LogP contribution < -0.4 is 10.6 Å². The number of aromatic nitrogens is 1. The zero-order valence-electron chi connectivity index (χ0n) is 10.0. The first kappa shape index (κ1) is 11.3. The Morgan fingerprint density at radius 1 is 1.22 bits per heavy atom. The average Bonchev–Trinajstić information content (AvgIpc) is 2.87. The van der Waals surface area contributed by atoms with Crippen molar-refractivity contribution in [2.75, 3.05) is 23.7 Å². The van der Waals surface area contributed by atoms with E-state index in [1.165, 1.54) is 22.6 Å². The van der Waals surface area contributed by atoms with Crippen LogP contribution in [0.1, 0.15) is 12.1 Å². The second-order valence-electron chi connectivity index (χ2n) is 4.33. The van der Waals surface area contributed by atoms with Gasteiger partial charge in [0.25, 0.3) is 0 Å². The molecule has 0 fully saturated rings. The average molecular weight is 257 g/mol. The molecular formula is C14H15N3S. The zero-order valence-corrected chi connectivity index (χ0v) is 10.9. The third-order valence-corrected chi connectivity index (χ3v) is 3.86. The maximum Gasteiger partial charge on any atom is 0.180 e. The molecule has 3 rings (SSSR count). The van der Waals surface area contributed by atoms with Gasteiger partial charge in [0.05, 0.1) is 5.69 Å². The van der Waals surface area contributed by atoms with Crippen LogP contribution >= 0.6 is 11.3 Å². The summed E-state index contributed by atoms with van der Waals surface area (Å²) in [5.41, 5.74) is 9.32. The normalized spacial score (nSPS) is 15.6. The summed E-state index contributed by atoms with van der Waals surface area (Å²) in [6.45, 7) is 1.98. The van der Waals surface area contributed by atoms with E-state index >= 15 is 0 Å². The number of thiazole rings is 1. The van der Waals surface area contributed by atoms with E-state index in [1.807, 2.05) is 11.4 Å². The molecule has 0 atom stereocenters. The van der Waals surface area contributed by atoms with Crippen LogP contribution in [0.15, 0.2) is 41.8 Å². The van der Waals surface area contributed by atoms with E-state index in [9.17, 15) is 0 Å². The van der Waals surface area contributed by atoms with Crippen LogP contribution in [0.2, 0.25) is 0 Å². The van der Waals surface area contributed by atoms with E-state index in [1.54, 1.807) is 0 Å². The molecule has 2 aromatic rings. The Kier molecular flexibility index (Phi) is 3.02. The summed E-state index contributed by atoms with van der Waals surface area (Å²) in [6.07, 6.45) is 3.28. The Balaban J connectivity index is 1.75. The van der Waals surface area contributed by atoms with Crippen molar-refractivity contribution in [1.29, 1.82) is 0 Å². The summed E-state index contributed by atoms with van der Waals surface area (Å²) in [5.74, 6) is 0. The lowest BCUT2D eigenvalue weighted by molar-refractivity contribution is 0.830. The van der Waals surface area contributed by atoms with Crippen molar-refractivity contribution in [2.45, 2.75) is 6.42 Å². The minimum Gasteiger partial charge on any atom is -0.375 e. The van der Waals surface area contributed by atoms with Gasteiger partial charge in [0, 0.05) is 24.2 Å². The van der Waals surface area contributed by atoms with Gasteiger partial charge in [-0.15, -0.1) is 11.3 Å². The Bertz CT molecular complexity index is 559. The monoisotopic (exact) mass is 257 g/mol. The van der Waals surface area contributed by atoms with Crippen LogP contribution in [0.5, 0.6) is 0 Å². The maximum atomic E-state index is 5.67. The number of rotatable bonds is 2. The predicted molar refractivity (Wildman–Crippen MR) is 77.8 cm³/mol. The SMILES string of the molecule is Nc1nc(C2=CCN(c3ccccc3)CC2)cs1. The second kappa shape index (κ2) is 4.82. The van der Waals surface area contributed by atoms with Crippen molar-refractivity contribution in [1.82, 2.24) is 4.98 Å². The fourth-order valence-corrected chi connectivity index (χ4v) is 2.80. The standard InChI is InChI=1S/C14H15N3S/c15-14-16-13(10-18-14)11-6-8-17(9-7-11)12-4-2-1-3-5-12/h1-6,10H,7-9H2,(H2,15,16). The lowest BCUT2D eigenvalue weighted by atomic mass is 10.1. The number of benzene rings is 1. The number of nitrogen functional groups attached to an aromatic ring is 1. The molecule has 2 heterocycles. The minimum atomic E-state index is 0.649. The van der Waals surface area contributed by atoms with Gasteiger partial charge in [-0.25, -0.2) is 4.98 Å². The molecule has 18 heavy (non-hydrogen) atoms. The Morgan fingerprint density at radius 2 is 2.06 bits per heavy atom. The Hall–Kier alpha value is -1.81. The van der Waals surface area contributed by atoms with Crippen LogP contribution in [0, 0.1) is 0 Å². The summed E-state index contributed by atoms with van der Waals surface area (Å²) in [7, 11) is 0. The van der Waals surface area contributed by atoms with Crippen LogP contribution in [-0.4, -0.2) is 18.1 Å².